The van der Waals surface area contributed by atoms with Crippen LogP contribution in [0.15, 0.2) is 85.2 Å². The van der Waals surface area contributed by atoms with Crippen molar-refractivity contribution in [1.29, 1.82) is 0 Å². The molecule has 2 heteroatoms. The number of hydrogen-bond acceptors (Lipinski definition) is 0. The van der Waals surface area contributed by atoms with Crippen LogP contribution in [0.5, 0.6) is 0 Å². The van der Waals surface area contributed by atoms with Crippen LogP contribution in [0.25, 0.3) is 38.3 Å². The van der Waals surface area contributed by atoms with E-state index in [0.29, 0.717) is 0 Å². The molecule has 0 aliphatic carbocycles. The SMILES string of the molecule is c1ccc2c[n+](-c3ccc4[nH]c5ccccc5c4c3)ccc2c1. The highest BCUT2D eigenvalue weighted by Crippen LogP contribution is 2.26. The third-order valence-corrected chi connectivity index (χ3v) is 4.48. The minimum absolute atomic E-state index is 1.17. The number of nitrogens with zero attached hydrogens (tertiary/aromatic N) is 1. The van der Waals surface area contributed by atoms with Gasteiger partial charge in [0.2, 0.25) is 5.69 Å². The number of para-hydroxylation sites is 1. The highest BCUT2D eigenvalue weighted by molar-refractivity contribution is 6.07. The van der Waals surface area contributed by atoms with Crippen LogP contribution in [-0.4, -0.2) is 4.98 Å². The van der Waals surface area contributed by atoms with E-state index in [-0.39, 0.29) is 0 Å². The fraction of sp³-hybridized carbons (Fsp3) is 0. The van der Waals surface area contributed by atoms with Gasteiger partial charge in [-0.25, -0.2) is 0 Å². The Kier molecular flexibility index (Phi) is 2.53. The van der Waals surface area contributed by atoms with Crippen molar-refractivity contribution >= 4 is 32.6 Å². The van der Waals surface area contributed by atoms with E-state index < -0.39 is 0 Å². The molecule has 0 aliphatic heterocycles. The smallest absolute Gasteiger partial charge is 0.211 e. The van der Waals surface area contributed by atoms with Crippen LogP contribution in [-0.2, 0) is 0 Å². The minimum Gasteiger partial charge on any atom is -0.355 e. The zero-order chi connectivity index (χ0) is 15.2. The number of aromatic nitrogens is 2. The molecule has 0 aliphatic rings. The Morgan fingerprint density at radius 2 is 1.43 bits per heavy atom. The summed E-state index contributed by atoms with van der Waals surface area (Å²) in [4.78, 5) is 3.48. The molecule has 0 radical (unpaired) electrons. The Morgan fingerprint density at radius 1 is 0.652 bits per heavy atom. The summed E-state index contributed by atoms with van der Waals surface area (Å²) in [5.41, 5.74) is 3.53. The van der Waals surface area contributed by atoms with E-state index >= 15 is 0 Å². The lowest BCUT2D eigenvalue weighted by molar-refractivity contribution is -0.594. The number of aromatic amines is 1. The van der Waals surface area contributed by atoms with Gasteiger partial charge in [0, 0.05) is 45.4 Å². The van der Waals surface area contributed by atoms with Crippen LogP contribution < -0.4 is 4.57 Å². The average molecular weight is 295 g/mol. The number of fused-ring (bicyclic) bond motifs is 4. The molecular formula is C21H15N2+. The minimum atomic E-state index is 1.17. The van der Waals surface area contributed by atoms with Gasteiger partial charge in [-0.05, 0) is 23.6 Å². The molecule has 2 nitrogen and oxygen atoms in total. The van der Waals surface area contributed by atoms with Crippen molar-refractivity contribution in [2.24, 2.45) is 0 Å². The monoisotopic (exact) mass is 295 g/mol. The Morgan fingerprint density at radius 3 is 2.39 bits per heavy atom. The van der Waals surface area contributed by atoms with Gasteiger partial charge >= 0.3 is 0 Å². The standard InChI is InChI=1S/C21H15N2/c1-2-6-16-14-23(12-11-15(16)5-1)17-9-10-21-19(13-17)18-7-3-4-8-20(18)22-21/h1-14,22H/q+1. The van der Waals surface area contributed by atoms with Crippen molar-refractivity contribution in [3.63, 3.8) is 0 Å². The topological polar surface area (TPSA) is 19.7 Å². The number of pyridine rings is 1. The van der Waals surface area contributed by atoms with Crippen molar-refractivity contribution < 1.29 is 4.57 Å². The van der Waals surface area contributed by atoms with E-state index in [4.69, 9.17) is 0 Å². The molecule has 23 heavy (non-hydrogen) atoms. The van der Waals surface area contributed by atoms with Gasteiger partial charge in [0.25, 0.3) is 0 Å². The molecule has 2 aromatic heterocycles. The van der Waals surface area contributed by atoms with Crippen molar-refractivity contribution in [3.8, 4) is 5.69 Å². The number of nitrogens with one attached hydrogen (secondary N) is 1. The molecule has 5 rings (SSSR count). The second-order valence-corrected chi connectivity index (χ2v) is 5.88. The molecule has 3 aromatic carbocycles. The summed E-state index contributed by atoms with van der Waals surface area (Å²) < 4.78 is 2.18. The molecule has 0 fully saturated rings. The van der Waals surface area contributed by atoms with Crippen LogP contribution in [0.3, 0.4) is 0 Å². The van der Waals surface area contributed by atoms with Gasteiger partial charge in [0.1, 0.15) is 0 Å². The Labute approximate surface area is 133 Å². The van der Waals surface area contributed by atoms with Crippen molar-refractivity contribution in [3.05, 3.63) is 85.2 Å². The summed E-state index contributed by atoms with van der Waals surface area (Å²) in [5.74, 6) is 0. The lowest BCUT2D eigenvalue weighted by Crippen LogP contribution is -2.29. The average Bonchev–Trinajstić information content (AvgIpc) is 2.99. The number of benzene rings is 3. The van der Waals surface area contributed by atoms with Crippen molar-refractivity contribution in [1.82, 2.24) is 4.98 Å². The molecule has 0 unspecified atom stereocenters. The number of H-pyrrole nitrogens is 1. The predicted octanol–water partition coefficient (Wildman–Crippen LogP) is 4.75. The molecule has 0 saturated carbocycles. The van der Waals surface area contributed by atoms with Crippen LogP contribution in [0.2, 0.25) is 0 Å². The normalized spacial score (nSPS) is 11.5. The van der Waals surface area contributed by atoms with Gasteiger partial charge in [-0.3, -0.25) is 0 Å². The zero-order valence-electron chi connectivity index (χ0n) is 12.5. The Balaban J connectivity index is 1.76. The first-order chi connectivity index (χ1) is 11.4. The van der Waals surface area contributed by atoms with Crippen molar-refractivity contribution in [2.45, 2.75) is 0 Å². The Hall–Kier alpha value is -3.13. The lowest BCUT2D eigenvalue weighted by atomic mass is 10.1. The summed E-state index contributed by atoms with van der Waals surface area (Å²) in [7, 11) is 0. The van der Waals surface area contributed by atoms with E-state index in [1.54, 1.807) is 0 Å². The molecule has 0 spiro atoms. The van der Waals surface area contributed by atoms with E-state index in [1.165, 1.54) is 38.3 Å². The zero-order valence-corrected chi connectivity index (χ0v) is 12.5. The van der Waals surface area contributed by atoms with Gasteiger partial charge in [0.15, 0.2) is 12.4 Å². The van der Waals surface area contributed by atoms with E-state index in [9.17, 15) is 0 Å². The summed E-state index contributed by atoms with van der Waals surface area (Å²) >= 11 is 0. The van der Waals surface area contributed by atoms with E-state index in [1.807, 2.05) is 0 Å². The molecule has 2 heterocycles. The second kappa shape index (κ2) is 4.68. The van der Waals surface area contributed by atoms with Crippen molar-refractivity contribution in [2.75, 3.05) is 0 Å². The first-order valence-electron chi connectivity index (χ1n) is 7.79. The first kappa shape index (κ1) is 12.4. The van der Waals surface area contributed by atoms with Crippen LogP contribution in [0, 0.1) is 0 Å². The quantitative estimate of drug-likeness (QED) is 0.431. The van der Waals surface area contributed by atoms with Crippen LogP contribution >= 0.6 is 0 Å². The summed E-state index contributed by atoms with van der Waals surface area (Å²) in [6.07, 6.45) is 4.31. The molecule has 1 N–H and O–H groups in total. The third-order valence-electron chi connectivity index (χ3n) is 4.48. The first-order valence-corrected chi connectivity index (χ1v) is 7.79. The van der Waals surface area contributed by atoms with Gasteiger partial charge in [-0.15, -0.1) is 0 Å². The van der Waals surface area contributed by atoms with Crippen LogP contribution in [0.4, 0.5) is 0 Å². The molecule has 108 valence electrons. The third kappa shape index (κ3) is 1.92. The fourth-order valence-corrected chi connectivity index (χ4v) is 3.29. The second-order valence-electron chi connectivity index (χ2n) is 5.88. The largest absolute Gasteiger partial charge is 0.355 e. The van der Waals surface area contributed by atoms with Crippen LogP contribution in [0.1, 0.15) is 0 Å². The highest BCUT2D eigenvalue weighted by atomic mass is 14.9. The molecular weight excluding hydrogens is 280 g/mol. The number of rotatable bonds is 1. The van der Waals surface area contributed by atoms with Gasteiger partial charge < -0.3 is 4.98 Å². The molecule has 0 bridgehead atoms. The number of hydrogen-bond donors (Lipinski definition) is 1. The van der Waals surface area contributed by atoms with Gasteiger partial charge in [-0.2, -0.15) is 4.57 Å². The maximum absolute atomic E-state index is 3.48. The summed E-state index contributed by atoms with van der Waals surface area (Å²) in [5, 5.41) is 5.04. The predicted molar refractivity (Wildman–Crippen MR) is 94.8 cm³/mol. The lowest BCUT2D eigenvalue weighted by Gasteiger charge is -1.99. The molecule has 0 atom stereocenters. The fourth-order valence-electron chi connectivity index (χ4n) is 3.29. The summed E-state index contributed by atoms with van der Waals surface area (Å²) in [6, 6.07) is 25.6. The van der Waals surface area contributed by atoms with E-state index in [0.717, 1.165) is 0 Å². The van der Waals surface area contributed by atoms with Gasteiger partial charge in [0.05, 0.1) is 0 Å². The summed E-state index contributed by atoms with van der Waals surface area (Å²) in [6.45, 7) is 0. The molecule has 5 aromatic rings. The maximum atomic E-state index is 3.48. The molecule has 0 saturated heterocycles. The molecule has 0 amide bonds. The maximum Gasteiger partial charge on any atom is 0.211 e. The highest BCUT2D eigenvalue weighted by Gasteiger charge is 2.10. The van der Waals surface area contributed by atoms with Gasteiger partial charge in [-0.1, -0.05) is 36.4 Å². The van der Waals surface area contributed by atoms with E-state index in [2.05, 4.69) is 94.7 Å². The Bertz CT molecular complexity index is 1170.